The van der Waals surface area contributed by atoms with E-state index in [-0.39, 0.29) is 24.4 Å². The number of aromatic amines is 1. The molecule has 7 heteroatoms. The Bertz CT molecular complexity index is 1220. The molecule has 1 aliphatic heterocycles. The number of aromatic nitrogens is 2. The molecule has 3 aromatic rings. The third-order valence-corrected chi connectivity index (χ3v) is 6.50. The predicted octanol–water partition coefficient (Wildman–Crippen LogP) is 4.00. The lowest BCUT2D eigenvalue weighted by Crippen LogP contribution is -2.34. The van der Waals surface area contributed by atoms with E-state index in [0.717, 1.165) is 31.1 Å². The summed E-state index contributed by atoms with van der Waals surface area (Å²) in [6, 6.07) is 15.6. The Morgan fingerprint density at radius 3 is 2.72 bits per heavy atom. The number of hydrogen-bond acceptors (Lipinski definition) is 4. The number of carbonyl (C=O) groups excluding carboxylic acids is 1. The fourth-order valence-corrected chi connectivity index (χ4v) is 4.74. The van der Waals surface area contributed by atoms with Crippen LogP contribution in [0.15, 0.2) is 53.3 Å². The number of H-pyrrole nitrogens is 1. The Morgan fingerprint density at radius 1 is 1.16 bits per heavy atom. The molecular weight excluding hydrogens is 420 g/mol. The van der Waals surface area contributed by atoms with Gasteiger partial charge in [0, 0.05) is 32.6 Å². The number of carbonyl (C=O) groups is 1. The molecule has 1 amide bonds. The molecular formula is C25H30N4O2S. The molecule has 1 saturated heterocycles. The zero-order valence-corrected chi connectivity index (χ0v) is 19.3. The first-order valence-corrected chi connectivity index (χ1v) is 11.7. The van der Waals surface area contributed by atoms with Crippen LogP contribution in [0.5, 0.6) is 0 Å². The van der Waals surface area contributed by atoms with E-state index in [4.69, 9.17) is 12.2 Å². The van der Waals surface area contributed by atoms with Gasteiger partial charge < -0.3 is 10.3 Å². The van der Waals surface area contributed by atoms with Crippen molar-refractivity contribution in [3.05, 3.63) is 74.8 Å². The average Bonchev–Trinajstić information content (AvgIpc) is 2.78. The van der Waals surface area contributed by atoms with Gasteiger partial charge in [0.15, 0.2) is 4.77 Å². The molecule has 0 aliphatic carbocycles. The van der Waals surface area contributed by atoms with Crippen LogP contribution in [0.2, 0.25) is 0 Å². The summed E-state index contributed by atoms with van der Waals surface area (Å²) in [7, 11) is 0. The summed E-state index contributed by atoms with van der Waals surface area (Å²) in [6.45, 7) is 6.22. The highest BCUT2D eigenvalue weighted by atomic mass is 32.1. The maximum absolute atomic E-state index is 12.7. The number of para-hydroxylation sites is 1. The highest BCUT2D eigenvalue weighted by molar-refractivity contribution is 7.71. The van der Waals surface area contributed by atoms with Gasteiger partial charge in [-0.05, 0) is 60.8 Å². The van der Waals surface area contributed by atoms with E-state index < -0.39 is 0 Å². The molecule has 168 valence electrons. The molecule has 2 heterocycles. The Kier molecular flexibility index (Phi) is 7.17. The molecule has 6 nitrogen and oxygen atoms in total. The summed E-state index contributed by atoms with van der Waals surface area (Å²) < 4.78 is 1.80. The fourth-order valence-electron chi connectivity index (χ4n) is 4.45. The number of amides is 1. The monoisotopic (exact) mass is 450 g/mol. The van der Waals surface area contributed by atoms with Crippen LogP contribution >= 0.6 is 12.2 Å². The second kappa shape index (κ2) is 10.2. The van der Waals surface area contributed by atoms with Crippen molar-refractivity contribution < 1.29 is 4.79 Å². The predicted molar refractivity (Wildman–Crippen MR) is 130 cm³/mol. The molecule has 2 aromatic carbocycles. The first kappa shape index (κ1) is 22.4. The van der Waals surface area contributed by atoms with Crippen LogP contribution in [-0.2, 0) is 24.4 Å². The molecule has 1 aromatic heterocycles. The van der Waals surface area contributed by atoms with E-state index >= 15 is 0 Å². The Balaban J connectivity index is 1.37. The summed E-state index contributed by atoms with van der Waals surface area (Å²) in [5.74, 6) is 0.640. The maximum atomic E-state index is 12.7. The van der Waals surface area contributed by atoms with Crippen LogP contribution in [0.25, 0.3) is 10.9 Å². The van der Waals surface area contributed by atoms with Crippen LogP contribution in [0.3, 0.4) is 0 Å². The molecule has 1 aliphatic rings. The quantitative estimate of drug-likeness (QED) is 0.534. The molecule has 0 radical (unpaired) electrons. The van der Waals surface area contributed by atoms with Gasteiger partial charge in [-0.1, -0.05) is 43.3 Å². The van der Waals surface area contributed by atoms with Gasteiger partial charge in [-0.15, -0.1) is 0 Å². The highest BCUT2D eigenvalue weighted by Crippen LogP contribution is 2.19. The minimum absolute atomic E-state index is 0.0964. The molecule has 0 spiro atoms. The minimum atomic E-state index is -0.168. The lowest BCUT2D eigenvalue weighted by molar-refractivity contribution is -0.121. The molecule has 1 atom stereocenters. The lowest BCUT2D eigenvalue weighted by Gasteiger charge is -2.31. The van der Waals surface area contributed by atoms with Crippen molar-refractivity contribution in [1.29, 1.82) is 0 Å². The number of piperidine rings is 1. The van der Waals surface area contributed by atoms with Crippen LogP contribution in [0.4, 0.5) is 0 Å². The zero-order valence-electron chi connectivity index (χ0n) is 18.5. The summed E-state index contributed by atoms with van der Waals surface area (Å²) in [4.78, 5) is 30.9. The van der Waals surface area contributed by atoms with Gasteiger partial charge in [0.25, 0.3) is 5.56 Å². The SMILES string of the molecule is CC1CCCN(Cc2ccccc2CNC(=O)CCn2c(=S)[nH]c3ccccc3c2=O)C1. The number of fused-ring (bicyclic) bond motifs is 1. The van der Waals surface area contributed by atoms with E-state index in [2.05, 4.69) is 40.3 Å². The number of rotatable bonds is 7. The Morgan fingerprint density at radius 2 is 1.91 bits per heavy atom. The summed E-state index contributed by atoms with van der Waals surface area (Å²) >= 11 is 5.33. The van der Waals surface area contributed by atoms with E-state index in [0.29, 0.717) is 22.2 Å². The molecule has 1 unspecified atom stereocenters. The maximum Gasteiger partial charge on any atom is 0.262 e. The second-order valence-corrected chi connectivity index (χ2v) is 9.10. The van der Waals surface area contributed by atoms with Crippen LogP contribution in [-0.4, -0.2) is 33.4 Å². The average molecular weight is 451 g/mol. The third-order valence-electron chi connectivity index (χ3n) is 6.18. The van der Waals surface area contributed by atoms with Crippen LogP contribution in [0.1, 0.15) is 37.3 Å². The largest absolute Gasteiger partial charge is 0.352 e. The number of nitrogens with one attached hydrogen (secondary N) is 2. The molecule has 0 saturated carbocycles. The van der Waals surface area contributed by atoms with E-state index in [9.17, 15) is 9.59 Å². The third kappa shape index (κ3) is 5.34. The summed E-state index contributed by atoms with van der Waals surface area (Å²) in [6.07, 6.45) is 2.75. The Hall–Kier alpha value is -2.77. The number of nitrogens with zero attached hydrogens (tertiary/aromatic N) is 2. The van der Waals surface area contributed by atoms with E-state index in [1.807, 2.05) is 24.3 Å². The van der Waals surface area contributed by atoms with Crippen molar-refractivity contribution in [2.24, 2.45) is 5.92 Å². The number of benzene rings is 2. The van der Waals surface area contributed by atoms with Gasteiger partial charge in [-0.25, -0.2) is 0 Å². The van der Waals surface area contributed by atoms with Crippen molar-refractivity contribution in [2.45, 2.75) is 45.8 Å². The van der Waals surface area contributed by atoms with Crippen molar-refractivity contribution >= 4 is 29.0 Å². The van der Waals surface area contributed by atoms with Gasteiger partial charge in [0.1, 0.15) is 0 Å². The molecule has 32 heavy (non-hydrogen) atoms. The van der Waals surface area contributed by atoms with Gasteiger partial charge in [0.2, 0.25) is 5.91 Å². The molecule has 0 bridgehead atoms. The zero-order chi connectivity index (χ0) is 22.5. The van der Waals surface area contributed by atoms with Gasteiger partial charge >= 0.3 is 0 Å². The molecule has 1 fully saturated rings. The van der Waals surface area contributed by atoms with Crippen molar-refractivity contribution in [2.75, 3.05) is 13.1 Å². The fraction of sp³-hybridized carbons (Fsp3) is 0.400. The van der Waals surface area contributed by atoms with Crippen molar-refractivity contribution in [3.63, 3.8) is 0 Å². The first-order valence-electron chi connectivity index (χ1n) is 11.3. The summed E-state index contributed by atoms with van der Waals surface area (Å²) in [5, 5.41) is 3.59. The van der Waals surface area contributed by atoms with Crippen LogP contribution in [0, 0.1) is 10.7 Å². The smallest absolute Gasteiger partial charge is 0.262 e. The van der Waals surface area contributed by atoms with Crippen molar-refractivity contribution in [1.82, 2.24) is 19.8 Å². The summed E-state index contributed by atoms with van der Waals surface area (Å²) in [5.41, 5.74) is 2.94. The highest BCUT2D eigenvalue weighted by Gasteiger charge is 2.17. The van der Waals surface area contributed by atoms with Gasteiger partial charge in [0.05, 0.1) is 10.9 Å². The topological polar surface area (TPSA) is 70.1 Å². The van der Waals surface area contributed by atoms with Gasteiger partial charge in [-0.2, -0.15) is 0 Å². The second-order valence-electron chi connectivity index (χ2n) is 8.71. The number of likely N-dealkylation sites (tertiary alicyclic amines) is 1. The lowest BCUT2D eigenvalue weighted by atomic mass is 9.99. The van der Waals surface area contributed by atoms with Crippen molar-refractivity contribution in [3.8, 4) is 0 Å². The van der Waals surface area contributed by atoms with Gasteiger partial charge in [-0.3, -0.25) is 19.1 Å². The normalized spacial score (nSPS) is 16.8. The standard InChI is InChI=1S/C25H30N4O2S/c1-18-7-6-13-28(16-18)17-20-9-3-2-8-19(20)15-26-23(30)12-14-29-24(31)21-10-4-5-11-22(21)27-25(29)32/h2-5,8-11,18H,6-7,12-17H2,1H3,(H,26,30)(H,27,32). The Labute approximate surface area is 193 Å². The molecule has 2 N–H and O–H groups in total. The minimum Gasteiger partial charge on any atom is -0.352 e. The number of hydrogen-bond donors (Lipinski definition) is 2. The first-order chi connectivity index (χ1) is 15.5. The van der Waals surface area contributed by atoms with E-state index in [1.54, 1.807) is 6.07 Å². The van der Waals surface area contributed by atoms with Crippen LogP contribution < -0.4 is 10.9 Å². The van der Waals surface area contributed by atoms with E-state index in [1.165, 1.54) is 23.0 Å². The molecule has 4 rings (SSSR count).